The summed E-state index contributed by atoms with van der Waals surface area (Å²) in [6, 6.07) is 3.18. The zero-order valence-corrected chi connectivity index (χ0v) is 15.9. The lowest BCUT2D eigenvalue weighted by Gasteiger charge is -2.45. The van der Waals surface area contributed by atoms with Gasteiger partial charge in [0.1, 0.15) is 0 Å². The van der Waals surface area contributed by atoms with E-state index in [0.29, 0.717) is 23.4 Å². The fourth-order valence-corrected chi connectivity index (χ4v) is 4.55. The predicted molar refractivity (Wildman–Crippen MR) is 104 cm³/mol. The van der Waals surface area contributed by atoms with Crippen molar-refractivity contribution in [1.29, 1.82) is 0 Å². The number of nitrogens with one attached hydrogen (secondary N) is 1. The molecule has 7 heteroatoms. The minimum atomic E-state index is 0.335. The van der Waals surface area contributed by atoms with Crippen molar-refractivity contribution < 1.29 is 4.74 Å². The molecule has 0 spiro atoms. The van der Waals surface area contributed by atoms with E-state index in [2.05, 4.69) is 33.3 Å². The van der Waals surface area contributed by atoms with E-state index in [1.807, 2.05) is 25.5 Å². The summed E-state index contributed by atoms with van der Waals surface area (Å²) in [6.07, 6.45) is 11.5. The quantitative estimate of drug-likeness (QED) is 0.877. The predicted octanol–water partition coefficient (Wildman–Crippen LogP) is 2.61. The summed E-state index contributed by atoms with van der Waals surface area (Å²) in [5.74, 6) is 0.621. The minimum Gasteiger partial charge on any atom is -0.380 e. The molecule has 2 aromatic heterocycles. The van der Waals surface area contributed by atoms with E-state index in [1.165, 1.54) is 18.4 Å². The van der Waals surface area contributed by atoms with Crippen molar-refractivity contribution in [1.82, 2.24) is 24.6 Å². The second-order valence-corrected chi connectivity index (χ2v) is 8.46. The molecular weight excluding hydrogens is 340 g/mol. The van der Waals surface area contributed by atoms with Gasteiger partial charge in [-0.2, -0.15) is 5.10 Å². The van der Waals surface area contributed by atoms with Gasteiger partial charge < -0.3 is 10.1 Å². The van der Waals surface area contributed by atoms with Crippen LogP contribution in [0.5, 0.6) is 0 Å². The molecule has 2 atom stereocenters. The average Bonchev–Trinajstić information content (AvgIpc) is 3.12. The van der Waals surface area contributed by atoms with Gasteiger partial charge in [0.05, 0.1) is 30.8 Å². The molecule has 0 amide bonds. The van der Waals surface area contributed by atoms with Crippen molar-refractivity contribution in [2.75, 3.05) is 25.1 Å². The topological polar surface area (TPSA) is 68.1 Å². The lowest BCUT2D eigenvalue weighted by Crippen LogP contribution is -2.52. The number of hydrogen-bond acceptors (Lipinski definition) is 6. The van der Waals surface area contributed by atoms with Crippen LogP contribution in [0.1, 0.15) is 31.9 Å². The minimum absolute atomic E-state index is 0.335. The fraction of sp³-hybridized carbons (Fsp3) is 0.550. The van der Waals surface area contributed by atoms with Crippen molar-refractivity contribution in [2.45, 2.75) is 38.3 Å². The third-order valence-corrected chi connectivity index (χ3v) is 5.95. The monoisotopic (exact) mass is 366 g/mol. The van der Waals surface area contributed by atoms with Gasteiger partial charge >= 0.3 is 0 Å². The Hall–Kier alpha value is -2.25. The van der Waals surface area contributed by atoms with Gasteiger partial charge in [0.2, 0.25) is 5.95 Å². The molecule has 3 aliphatic rings. The van der Waals surface area contributed by atoms with E-state index in [9.17, 15) is 0 Å². The summed E-state index contributed by atoms with van der Waals surface area (Å²) in [7, 11) is 1.90. The van der Waals surface area contributed by atoms with Crippen LogP contribution in [0, 0.1) is 5.41 Å². The Balaban J connectivity index is 1.34. The Morgan fingerprint density at radius 2 is 2.22 bits per heavy atom. The van der Waals surface area contributed by atoms with Crippen molar-refractivity contribution in [3.05, 3.63) is 36.4 Å². The van der Waals surface area contributed by atoms with Gasteiger partial charge in [-0.1, -0.05) is 13.0 Å². The van der Waals surface area contributed by atoms with E-state index in [0.717, 1.165) is 37.6 Å². The van der Waals surface area contributed by atoms with Crippen LogP contribution in [-0.4, -0.2) is 56.5 Å². The largest absolute Gasteiger partial charge is 0.380 e. The van der Waals surface area contributed by atoms with Crippen molar-refractivity contribution in [3.8, 4) is 0 Å². The van der Waals surface area contributed by atoms with E-state index in [4.69, 9.17) is 9.72 Å². The number of rotatable bonds is 5. The maximum absolute atomic E-state index is 5.45. The third kappa shape index (κ3) is 3.26. The lowest BCUT2D eigenvalue weighted by molar-refractivity contribution is -0.118. The molecule has 1 N–H and O–H groups in total. The van der Waals surface area contributed by atoms with Crippen LogP contribution in [0.15, 0.2) is 30.7 Å². The number of ether oxygens (including phenoxy) is 1. The van der Waals surface area contributed by atoms with Gasteiger partial charge in [0.25, 0.3) is 0 Å². The molecule has 2 unspecified atom stereocenters. The first-order valence-electron chi connectivity index (χ1n) is 9.71. The maximum atomic E-state index is 5.45. The molecule has 2 fully saturated rings. The van der Waals surface area contributed by atoms with E-state index in [-0.39, 0.29) is 0 Å². The number of aryl methyl sites for hydroxylation is 1. The highest BCUT2D eigenvalue weighted by atomic mass is 16.5. The van der Waals surface area contributed by atoms with Gasteiger partial charge in [-0.15, -0.1) is 0 Å². The molecule has 2 saturated heterocycles. The van der Waals surface area contributed by atoms with Crippen molar-refractivity contribution >= 4 is 17.2 Å². The zero-order chi connectivity index (χ0) is 18.4. The number of hydrogen-bond donors (Lipinski definition) is 1. The highest BCUT2D eigenvalue weighted by Gasteiger charge is 2.43. The molecule has 142 valence electrons. The maximum Gasteiger partial charge on any atom is 0.227 e. The smallest absolute Gasteiger partial charge is 0.227 e. The Labute approximate surface area is 159 Å². The number of fused-ring (bicyclic) bond motifs is 2. The second kappa shape index (κ2) is 6.42. The summed E-state index contributed by atoms with van der Waals surface area (Å²) in [5, 5.41) is 7.42. The lowest BCUT2D eigenvalue weighted by atomic mass is 9.86. The molecule has 7 nitrogen and oxygen atoms in total. The summed E-state index contributed by atoms with van der Waals surface area (Å²) >= 11 is 0. The first-order chi connectivity index (χ1) is 13.1. The normalized spacial score (nSPS) is 26.5. The van der Waals surface area contributed by atoms with Crippen LogP contribution in [-0.2, 0) is 11.8 Å². The van der Waals surface area contributed by atoms with Gasteiger partial charge in [-0.25, -0.2) is 9.97 Å². The summed E-state index contributed by atoms with van der Waals surface area (Å²) in [5.41, 5.74) is 3.62. The van der Waals surface area contributed by atoms with Gasteiger partial charge in [-0.05, 0) is 30.9 Å². The SMILES string of the molecule is Cn1cc(Nc2nccc(C3=CC4CCC(C3)N4CC3(C)COC3)n2)cn1. The molecule has 0 saturated carbocycles. The van der Waals surface area contributed by atoms with Crippen LogP contribution < -0.4 is 5.32 Å². The molecule has 27 heavy (non-hydrogen) atoms. The summed E-state index contributed by atoms with van der Waals surface area (Å²) < 4.78 is 7.21. The molecule has 0 aromatic carbocycles. The Bertz CT molecular complexity index is 871. The van der Waals surface area contributed by atoms with Gasteiger partial charge in [0.15, 0.2) is 0 Å². The Morgan fingerprint density at radius 3 is 2.93 bits per heavy atom. The number of nitrogens with zero attached hydrogens (tertiary/aromatic N) is 5. The summed E-state index contributed by atoms with van der Waals surface area (Å²) in [6.45, 7) is 5.28. The molecule has 2 aromatic rings. The van der Waals surface area contributed by atoms with Gasteiger partial charge in [0, 0.05) is 43.5 Å². The standard InChI is InChI=1S/C20H26N6O/c1-20(12-27-13-20)11-26-16-3-4-17(26)8-14(7-16)18-5-6-21-19(24-18)23-15-9-22-25(2)10-15/h5-7,9-10,16-17H,3-4,8,11-13H2,1-2H3,(H,21,23,24). The molecule has 0 radical (unpaired) electrons. The van der Waals surface area contributed by atoms with E-state index >= 15 is 0 Å². The van der Waals surface area contributed by atoms with Crippen molar-refractivity contribution in [2.24, 2.45) is 12.5 Å². The highest BCUT2D eigenvalue weighted by Crippen LogP contribution is 2.41. The van der Waals surface area contributed by atoms with Crippen LogP contribution in [0.3, 0.4) is 0 Å². The second-order valence-electron chi connectivity index (χ2n) is 8.46. The molecule has 5 rings (SSSR count). The first kappa shape index (κ1) is 16.9. The molecule has 0 aliphatic carbocycles. The van der Waals surface area contributed by atoms with Crippen LogP contribution in [0.4, 0.5) is 11.6 Å². The Kier molecular flexibility index (Phi) is 4.02. The van der Waals surface area contributed by atoms with Crippen LogP contribution in [0.2, 0.25) is 0 Å². The zero-order valence-electron chi connectivity index (χ0n) is 15.9. The molecule has 2 bridgehead atoms. The molecule has 5 heterocycles. The number of aromatic nitrogens is 4. The molecular formula is C20H26N6O. The highest BCUT2D eigenvalue weighted by molar-refractivity contribution is 5.66. The van der Waals surface area contributed by atoms with Crippen molar-refractivity contribution in [3.63, 3.8) is 0 Å². The van der Waals surface area contributed by atoms with Crippen LogP contribution in [0.25, 0.3) is 5.57 Å². The van der Waals surface area contributed by atoms with E-state index < -0.39 is 0 Å². The van der Waals surface area contributed by atoms with Crippen LogP contribution >= 0.6 is 0 Å². The first-order valence-corrected chi connectivity index (χ1v) is 9.71. The molecule has 3 aliphatic heterocycles. The van der Waals surface area contributed by atoms with E-state index in [1.54, 1.807) is 10.9 Å². The third-order valence-electron chi connectivity index (χ3n) is 5.95. The fourth-order valence-electron chi connectivity index (χ4n) is 4.55. The number of anilines is 2. The summed E-state index contributed by atoms with van der Waals surface area (Å²) in [4.78, 5) is 11.8. The van der Waals surface area contributed by atoms with Gasteiger partial charge in [-0.3, -0.25) is 9.58 Å². The average molecular weight is 366 g/mol. The Morgan fingerprint density at radius 1 is 1.33 bits per heavy atom.